The van der Waals surface area contributed by atoms with Crippen molar-refractivity contribution in [3.05, 3.63) is 35.9 Å². The smallest absolute Gasteiger partial charge is 0.323 e. The standard InChI is InChI=1S/C12H14N2O4/c13-11-12(17)14(6-10(15)16)9(7-18-11)8-4-2-1-3-5-8/h1-5,9,11H,6-7,13H2,(H,15,16)/t9-,11-/m0/s1. The Kier molecular flexibility index (Phi) is 3.59. The predicted molar refractivity (Wildman–Crippen MR) is 62.5 cm³/mol. The summed E-state index contributed by atoms with van der Waals surface area (Å²) >= 11 is 0. The van der Waals surface area contributed by atoms with Crippen molar-refractivity contribution in [2.24, 2.45) is 5.73 Å². The minimum atomic E-state index is -1.08. The fraction of sp³-hybridized carbons (Fsp3) is 0.333. The van der Waals surface area contributed by atoms with E-state index in [-0.39, 0.29) is 13.2 Å². The molecule has 18 heavy (non-hydrogen) atoms. The van der Waals surface area contributed by atoms with Crippen LogP contribution in [-0.2, 0) is 14.3 Å². The quantitative estimate of drug-likeness (QED) is 0.785. The molecule has 1 aliphatic rings. The van der Waals surface area contributed by atoms with Crippen LogP contribution in [0.25, 0.3) is 0 Å². The van der Waals surface area contributed by atoms with E-state index in [1.54, 1.807) is 0 Å². The molecular formula is C12H14N2O4. The lowest BCUT2D eigenvalue weighted by Gasteiger charge is -2.37. The number of hydrogen-bond donors (Lipinski definition) is 2. The molecule has 2 atom stereocenters. The van der Waals surface area contributed by atoms with Gasteiger partial charge in [0.1, 0.15) is 6.54 Å². The number of benzene rings is 1. The van der Waals surface area contributed by atoms with Gasteiger partial charge in [-0.3, -0.25) is 15.3 Å². The zero-order chi connectivity index (χ0) is 13.1. The molecule has 6 heteroatoms. The molecule has 0 aliphatic carbocycles. The molecule has 96 valence electrons. The van der Waals surface area contributed by atoms with Crippen LogP contribution in [-0.4, -0.2) is 41.3 Å². The SMILES string of the molecule is N[C@H]1OC[C@@H](c2ccccc2)N(CC(=O)O)C1=O. The van der Waals surface area contributed by atoms with Crippen LogP contribution in [0.15, 0.2) is 30.3 Å². The van der Waals surface area contributed by atoms with E-state index in [1.807, 2.05) is 30.3 Å². The molecule has 1 aromatic rings. The van der Waals surface area contributed by atoms with Gasteiger partial charge in [0.2, 0.25) is 0 Å². The van der Waals surface area contributed by atoms with Gasteiger partial charge in [-0.2, -0.15) is 0 Å². The third-order valence-electron chi connectivity index (χ3n) is 2.83. The summed E-state index contributed by atoms with van der Waals surface area (Å²) in [4.78, 5) is 23.9. The summed E-state index contributed by atoms with van der Waals surface area (Å²) in [5, 5.41) is 8.86. The molecule has 1 saturated heterocycles. The summed E-state index contributed by atoms with van der Waals surface area (Å²) < 4.78 is 5.16. The first kappa shape index (κ1) is 12.5. The molecule has 6 nitrogen and oxygen atoms in total. The second-order valence-electron chi connectivity index (χ2n) is 4.04. The highest BCUT2D eigenvalue weighted by molar-refractivity contribution is 5.85. The van der Waals surface area contributed by atoms with Crippen LogP contribution < -0.4 is 5.73 Å². The average Bonchev–Trinajstić information content (AvgIpc) is 2.36. The maximum atomic E-state index is 11.9. The molecule has 2 rings (SSSR count). The van der Waals surface area contributed by atoms with Crippen LogP contribution in [0.5, 0.6) is 0 Å². The molecule has 1 amide bonds. The van der Waals surface area contributed by atoms with Crippen LogP contribution in [0, 0.1) is 0 Å². The maximum Gasteiger partial charge on any atom is 0.323 e. The molecule has 0 spiro atoms. The van der Waals surface area contributed by atoms with Gasteiger partial charge in [0.05, 0.1) is 12.6 Å². The molecule has 1 fully saturated rings. The fourth-order valence-electron chi connectivity index (χ4n) is 1.96. The fourth-order valence-corrected chi connectivity index (χ4v) is 1.96. The van der Waals surface area contributed by atoms with E-state index in [0.29, 0.717) is 0 Å². The Bertz CT molecular complexity index is 449. The van der Waals surface area contributed by atoms with Gasteiger partial charge in [0, 0.05) is 0 Å². The number of carbonyl (C=O) groups is 2. The highest BCUT2D eigenvalue weighted by Gasteiger charge is 2.36. The van der Waals surface area contributed by atoms with Crippen molar-refractivity contribution < 1.29 is 19.4 Å². The van der Waals surface area contributed by atoms with E-state index in [4.69, 9.17) is 15.6 Å². The number of amides is 1. The largest absolute Gasteiger partial charge is 0.480 e. The van der Waals surface area contributed by atoms with E-state index < -0.39 is 24.1 Å². The van der Waals surface area contributed by atoms with Crippen molar-refractivity contribution >= 4 is 11.9 Å². The molecule has 1 aromatic carbocycles. The van der Waals surface area contributed by atoms with Crippen molar-refractivity contribution in [1.82, 2.24) is 4.90 Å². The summed E-state index contributed by atoms with van der Waals surface area (Å²) in [6, 6.07) is 8.75. The van der Waals surface area contributed by atoms with E-state index in [2.05, 4.69) is 0 Å². The monoisotopic (exact) mass is 250 g/mol. The number of carbonyl (C=O) groups excluding carboxylic acids is 1. The first-order chi connectivity index (χ1) is 8.59. The molecule has 0 bridgehead atoms. The van der Waals surface area contributed by atoms with Gasteiger partial charge in [0.25, 0.3) is 5.91 Å². The van der Waals surface area contributed by atoms with Crippen LogP contribution in [0.4, 0.5) is 0 Å². The summed E-state index contributed by atoms with van der Waals surface area (Å²) in [5.74, 6) is -1.57. The van der Waals surface area contributed by atoms with Crippen molar-refractivity contribution in [3.63, 3.8) is 0 Å². The van der Waals surface area contributed by atoms with Gasteiger partial charge in [-0.15, -0.1) is 0 Å². The topological polar surface area (TPSA) is 92.9 Å². The van der Waals surface area contributed by atoms with E-state index in [1.165, 1.54) is 4.90 Å². The molecule has 0 aromatic heterocycles. The third kappa shape index (κ3) is 2.49. The van der Waals surface area contributed by atoms with Crippen LogP contribution >= 0.6 is 0 Å². The number of carboxylic acids is 1. The number of morpholine rings is 1. The highest BCUT2D eigenvalue weighted by Crippen LogP contribution is 2.25. The van der Waals surface area contributed by atoms with Gasteiger partial charge in [0.15, 0.2) is 6.23 Å². The van der Waals surface area contributed by atoms with Gasteiger partial charge >= 0.3 is 5.97 Å². The number of nitrogens with zero attached hydrogens (tertiary/aromatic N) is 1. The minimum Gasteiger partial charge on any atom is -0.480 e. The summed E-state index contributed by atoms with van der Waals surface area (Å²) in [7, 11) is 0. The van der Waals surface area contributed by atoms with Crippen LogP contribution in [0.3, 0.4) is 0 Å². The van der Waals surface area contributed by atoms with Crippen molar-refractivity contribution in [1.29, 1.82) is 0 Å². The number of hydrogen-bond acceptors (Lipinski definition) is 4. The summed E-state index contributed by atoms with van der Waals surface area (Å²) in [6.07, 6.45) is -1.08. The lowest BCUT2D eigenvalue weighted by molar-refractivity contribution is -0.164. The Labute approximate surface area is 104 Å². The third-order valence-corrected chi connectivity index (χ3v) is 2.83. The number of nitrogens with two attached hydrogens (primary N) is 1. The number of rotatable bonds is 3. The normalized spacial score (nSPS) is 24.1. The Hall–Kier alpha value is -1.92. The average molecular weight is 250 g/mol. The van der Waals surface area contributed by atoms with Crippen molar-refractivity contribution in [2.45, 2.75) is 12.3 Å². The molecule has 0 radical (unpaired) electrons. The Morgan fingerprint density at radius 1 is 1.44 bits per heavy atom. The highest BCUT2D eigenvalue weighted by atomic mass is 16.5. The second-order valence-corrected chi connectivity index (χ2v) is 4.04. The molecule has 1 heterocycles. The maximum absolute atomic E-state index is 11.9. The zero-order valence-electron chi connectivity index (χ0n) is 9.65. The second kappa shape index (κ2) is 5.16. The number of aliphatic carboxylic acids is 1. The van der Waals surface area contributed by atoms with Gasteiger partial charge < -0.3 is 14.7 Å². The molecule has 0 saturated carbocycles. The summed E-state index contributed by atoms with van der Waals surface area (Å²) in [5.41, 5.74) is 6.31. The van der Waals surface area contributed by atoms with E-state index in [0.717, 1.165) is 5.56 Å². The van der Waals surface area contributed by atoms with Gasteiger partial charge in [-0.1, -0.05) is 30.3 Å². The number of carboxylic acid groups (broad SMARTS) is 1. The molecule has 0 unspecified atom stereocenters. The van der Waals surface area contributed by atoms with Gasteiger partial charge in [-0.25, -0.2) is 0 Å². The summed E-state index contributed by atoms with van der Waals surface area (Å²) in [6.45, 7) is -0.181. The Morgan fingerprint density at radius 2 is 2.11 bits per heavy atom. The lowest BCUT2D eigenvalue weighted by Crippen LogP contribution is -2.54. The molecule has 3 N–H and O–H groups in total. The van der Waals surface area contributed by atoms with E-state index in [9.17, 15) is 9.59 Å². The number of ether oxygens (including phenoxy) is 1. The minimum absolute atomic E-state index is 0.199. The van der Waals surface area contributed by atoms with Crippen LogP contribution in [0.2, 0.25) is 0 Å². The van der Waals surface area contributed by atoms with Crippen LogP contribution in [0.1, 0.15) is 11.6 Å². The van der Waals surface area contributed by atoms with Crippen molar-refractivity contribution in [2.75, 3.05) is 13.2 Å². The molecule has 1 aliphatic heterocycles. The first-order valence-electron chi connectivity index (χ1n) is 5.54. The Morgan fingerprint density at radius 3 is 2.72 bits per heavy atom. The lowest BCUT2D eigenvalue weighted by atomic mass is 10.0. The van der Waals surface area contributed by atoms with E-state index >= 15 is 0 Å². The predicted octanol–water partition coefficient (Wildman–Crippen LogP) is -0.0441. The van der Waals surface area contributed by atoms with Crippen molar-refractivity contribution in [3.8, 4) is 0 Å². The Balaban J connectivity index is 2.27. The van der Waals surface area contributed by atoms with Gasteiger partial charge in [-0.05, 0) is 5.56 Å². The first-order valence-corrected chi connectivity index (χ1v) is 5.54. The molecular weight excluding hydrogens is 236 g/mol. The zero-order valence-corrected chi connectivity index (χ0v) is 9.65.